The Bertz CT molecular complexity index is 785. The first kappa shape index (κ1) is 26.4. The third kappa shape index (κ3) is 9.33. The predicted octanol–water partition coefficient (Wildman–Crippen LogP) is 3.26. The molecule has 9 heteroatoms. The van der Waals surface area contributed by atoms with Crippen LogP contribution in [0.5, 0.6) is 5.75 Å². The third-order valence-corrected chi connectivity index (χ3v) is 5.11. The van der Waals surface area contributed by atoms with Gasteiger partial charge in [0.15, 0.2) is 17.5 Å². The molecule has 1 N–H and O–H groups in total. The normalized spacial score (nSPS) is 14.6. The highest BCUT2D eigenvalue weighted by atomic mass is 127. The molecule has 0 radical (unpaired) electrons. The Labute approximate surface area is 207 Å². The second kappa shape index (κ2) is 15.1. The van der Waals surface area contributed by atoms with Crippen LogP contribution in [0.25, 0.3) is 0 Å². The minimum absolute atomic E-state index is 0. The van der Waals surface area contributed by atoms with Gasteiger partial charge in [-0.3, -0.25) is 9.89 Å². The summed E-state index contributed by atoms with van der Waals surface area (Å²) in [5.41, 5.74) is 0. The van der Waals surface area contributed by atoms with E-state index in [0.29, 0.717) is 19.7 Å². The summed E-state index contributed by atoms with van der Waals surface area (Å²) in [7, 11) is 1.96. The molecule has 1 fully saturated rings. The lowest BCUT2D eigenvalue weighted by Crippen LogP contribution is -2.42. The molecule has 32 heavy (non-hydrogen) atoms. The van der Waals surface area contributed by atoms with Crippen molar-refractivity contribution < 1.29 is 18.3 Å². The minimum Gasteiger partial charge on any atom is -0.489 e. The van der Waals surface area contributed by atoms with Crippen molar-refractivity contribution in [3.63, 3.8) is 0 Å². The second-order valence-corrected chi connectivity index (χ2v) is 7.47. The van der Waals surface area contributed by atoms with Crippen LogP contribution in [0.4, 0.5) is 4.39 Å². The van der Waals surface area contributed by atoms with Gasteiger partial charge in [-0.2, -0.15) is 0 Å². The number of halogens is 2. The number of furan rings is 1. The molecular weight excluding hydrogens is 526 g/mol. The average Bonchev–Trinajstić information content (AvgIpc) is 3.31. The molecule has 0 aliphatic carbocycles. The molecule has 0 spiro atoms. The maximum atomic E-state index is 13.7. The maximum absolute atomic E-state index is 13.7. The zero-order valence-electron chi connectivity index (χ0n) is 18.7. The largest absolute Gasteiger partial charge is 0.489 e. The average molecular weight is 560 g/mol. The Kier molecular flexibility index (Phi) is 12.4. The number of likely N-dealkylation sites (N-methyl/N-ethyl adjacent to an activating group) is 1. The molecule has 0 unspecified atom stereocenters. The number of ether oxygens (including phenoxy) is 2. The highest BCUT2D eigenvalue weighted by Gasteiger charge is 2.11. The van der Waals surface area contributed by atoms with Crippen LogP contribution >= 0.6 is 24.0 Å². The lowest BCUT2D eigenvalue weighted by atomic mass is 10.3. The molecule has 2 aromatic rings. The number of benzene rings is 1. The van der Waals surface area contributed by atoms with Crippen LogP contribution < -0.4 is 10.1 Å². The summed E-state index contributed by atoms with van der Waals surface area (Å²) in [6, 6.07) is 10.3. The highest BCUT2D eigenvalue weighted by Crippen LogP contribution is 2.15. The van der Waals surface area contributed by atoms with Crippen LogP contribution in [0, 0.1) is 5.82 Å². The van der Waals surface area contributed by atoms with Crippen molar-refractivity contribution in [1.82, 2.24) is 15.1 Å². The van der Waals surface area contributed by atoms with Crippen molar-refractivity contribution in [2.45, 2.75) is 12.8 Å². The van der Waals surface area contributed by atoms with Gasteiger partial charge in [0.1, 0.15) is 12.4 Å². The van der Waals surface area contributed by atoms with E-state index in [2.05, 4.69) is 10.2 Å². The minimum atomic E-state index is -0.348. The number of aliphatic imine (C=N–C) groups is 1. The number of para-hydroxylation sites is 1. The third-order valence-electron chi connectivity index (χ3n) is 5.11. The van der Waals surface area contributed by atoms with Gasteiger partial charge in [-0.1, -0.05) is 12.1 Å². The first-order valence-corrected chi connectivity index (χ1v) is 10.9. The zero-order valence-corrected chi connectivity index (χ0v) is 21.0. The van der Waals surface area contributed by atoms with Gasteiger partial charge in [0.25, 0.3) is 0 Å². The van der Waals surface area contributed by atoms with Gasteiger partial charge in [-0.05, 0) is 30.7 Å². The van der Waals surface area contributed by atoms with Crippen molar-refractivity contribution >= 4 is 29.9 Å². The molecule has 0 saturated carbocycles. The SMILES string of the molecule is CN(CCOc1ccccc1F)C(=NCCCN1CCOCC1)NCCc1ccco1.I. The molecule has 1 saturated heterocycles. The number of nitrogens with zero attached hydrogens (tertiary/aromatic N) is 3. The van der Waals surface area contributed by atoms with E-state index < -0.39 is 0 Å². The van der Waals surface area contributed by atoms with E-state index in [4.69, 9.17) is 18.9 Å². The van der Waals surface area contributed by atoms with Gasteiger partial charge in [-0.25, -0.2) is 4.39 Å². The number of morpholine rings is 1. The molecule has 1 aliphatic rings. The Morgan fingerprint density at radius 2 is 2.03 bits per heavy atom. The van der Waals surface area contributed by atoms with Crippen molar-refractivity contribution in [2.75, 3.05) is 66.1 Å². The fourth-order valence-electron chi connectivity index (χ4n) is 3.33. The van der Waals surface area contributed by atoms with Crippen LogP contribution in [0.3, 0.4) is 0 Å². The summed E-state index contributed by atoms with van der Waals surface area (Å²) in [6.07, 6.45) is 3.45. The summed E-state index contributed by atoms with van der Waals surface area (Å²) < 4.78 is 30.1. The predicted molar refractivity (Wildman–Crippen MR) is 135 cm³/mol. The van der Waals surface area contributed by atoms with E-state index in [1.807, 2.05) is 24.1 Å². The summed E-state index contributed by atoms with van der Waals surface area (Å²) in [5.74, 6) is 1.67. The second-order valence-electron chi connectivity index (χ2n) is 7.47. The zero-order chi connectivity index (χ0) is 21.7. The summed E-state index contributed by atoms with van der Waals surface area (Å²) in [4.78, 5) is 9.21. The van der Waals surface area contributed by atoms with E-state index >= 15 is 0 Å². The van der Waals surface area contributed by atoms with Gasteiger partial charge in [-0.15, -0.1) is 24.0 Å². The van der Waals surface area contributed by atoms with Gasteiger partial charge >= 0.3 is 0 Å². The molecule has 1 aliphatic heterocycles. The maximum Gasteiger partial charge on any atom is 0.193 e. The van der Waals surface area contributed by atoms with Gasteiger partial charge in [0.2, 0.25) is 0 Å². The van der Waals surface area contributed by atoms with Crippen molar-refractivity contribution in [1.29, 1.82) is 0 Å². The molecule has 178 valence electrons. The molecule has 2 heterocycles. The summed E-state index contributed by atoms with van der Waals surface area (Å²) in [5, 5.41) is 3.41. The Hall–Kier alpha value is -1.85. The number of nitrogens with one attached hydrogen (secondary N) is 1. The fraction of sp³-hybridized carbons (Fsp3) is 0.522. The standard InChI is InChI=1S/C23H33FN4O3.HI/c1-27(13-19-31-22-8-3-2-7-21(22)24)23(26-11-9-20-6-4-16-30-20)25-10-5-12-28-14-17-29-18-15-28;/h2-4,6-8,16H,5,9-15,17-19H2,1H3,(H,25,26);1H. The van der Waals surface area contributed by atoms with Gasteiger partial charge in [0, 0.05) is 46.2 Å². The number of hydrogen-bond donors (Lipinski definition) is 1. The summed E-state index contributed by atoms with van der Waals surface area (Å²) >= 11 is 0. The molecule has 1 aromatic carbocycles. The van der Waals surface area contributed by atoms with Crippen molar-refractivity contribution in [2.24, 2.45) is 4.99 Å². The fourth-order valence-corrected chi connectivity index (χ4v) is 3.33. The van der Waals surface area contributed by atoms with Gasteiger partial charge in [0.05, 0.1) is 26.0 Å². The first-order valence-electron chi connectivity index (χ1n) is 10.9. The monoisotopic (exact) mass is 560 g/mol. The highest BCUT2D eigenvalue weighted by molar-refractivity contribution is 14.0. The smallest absolute Gasteiger partial charge is 0.193 e. The number of rotatable bonds is 11. The number of hydrogen-bond acceptors (Lipinski definition) is 5. The molecule has 0 bridgehead atoms. The molecule has 0 amide bonds. The molecule has 3 rings (SSSR count). The quantitative estimate of drug-likeness (QED) is 0.197. The van der Waals surface area contributed by atoms with Crippen LogP contribution in [0.15, 0.2) is 52.1 Å². The van der Waals surface area contributed by atoms with Crippen LogP contribution in [0.1, 0.15) is 12.2 Å². The molecule has 0 atom stereocenters. The van der Waals surface area contributed by atoms with Crippen molar-refractivity contribution in [3.8, 4) is 5.75 Å². The first-order chi connectivity index (χ1) is 15.2. The van der Waals surface area contributed by atoms with Gasteiger partial charge < -0.3 is 24.1 Å². The summed E-state index contributed by atoms with van der Waals surface area (Å²) in [6.45, 7) is 7.03. The lowest BCUT2D eigenvalue weighted by molar-refractivity contribution is 0.0377. The Balaban J connectivity index is 0.00000363. The van der Waals surface area contributed by atoms with E-state index in [9.17, 15) is 4.39 Å². The van der Waals surface area contributed by atoms with E-state index in [1.165, 1.54) is 6.07 Å². The van der Waals surface area contributed by atoms with Crippen molar-refractivity contribution in [3.05, 3.63) is 54.2 Å². The van der Waals surface area contributed by atoms with Crippen LogP contribution in [0.2, 0.25) is 0 Å². The van der Waals surface area contributed by atoms with Crippen LogP contribution in [-0.2, 0) is 11.2 Å². The van der Waals surface area contributed by atoms with E-state index in [1.54, 1.807) is 24.5 Å². The van der Waals surface area contributed by atoms with E-state index in [-0.39, 0.29) is 35.5 Å². The number of guanidine groups is 1. The van der Waals surface area contributed by atoms with Crippen LogP contribution in [-0.4, -0.2) is 81.9 Å². The van der Waals surface area contributed by atoms with E-state index in [0.717, 1.165) is 64.0 Å². The molecule has 1 aromatic heterocycles. The molecular formula is C23H34FIN4O3. The Morgan fingerprint density at radius 1 is 1.22 bits per heavy atom. The lowest BCUT2D eigenvalue weighted by Gasteiger charge is -2.26. The molecule has 7 nitrogen and oxygen atoms in total. The topological polar surface area (TPSA) is 62.5 Å². The Morgan fingerprint density at radius 3 is 2.78 bits per heavy atom.